The monoisotopic (exact) mass is 372 g/mol. The van der Waals surface area contributed by atoms with Crippen LogP contribution in [0.5, 0.6) is 11.5 Å². The van der Waals surface area contributed by atoms with Crippen molar-refractivity contribution in [2.24, 2.45) is 0 Å². The Kier molecular flexibility index (Phi) is 5.63. The number of nitrogens with zero attached hydrogens (tertiary/aromatic N) is 2. The normalized spacial score (nSPS) is 14.9. The molecule has 0 amide bonds. The second-order valence-corrected chi connectivity index (χ2v) is 7.54. The van der Waals surface area contributed by atoms with Crippen LogP contribution < -0.4 is 9.64 Å². The zero-order valence-corrected chi connectivity index (χ0v) is 16.8. The first-order chi connectivity index (χ1) is 13.7. The fourth-order valence-corrected chi connectivity index (χ4v) is 3.82. The molecule has 1 heterocycles. The molecule has 0 saturated carbocycles. The summed E-state index contributed by atoms with van der Waals surface area (Å²) in [7, 11) is 0. The molecule has 28 heavy (non-hydrogen) atoms. The molecule has 3 aromatic carbocycles. The molecule has 3 nitrogen and oxygen atoms in total. The van der Waals surface area contributed by atoms with E-state index in [-0.39, 0.29) is 0 Å². The van der Waals surface area contributed by atoms with Crippen LogP contribution in [0.2, 0.25) is 0 Å². The van der Waals surface area contributed by atoms with Crippen LogP contribution in [0, 0.1) is 13.8 Å². The second-order valence-electron chi connectivity index (χ2n) is 7.54. The summed E-state index contributed by atoms with van der Waals surface area (Å²) < 4.78 is 5.98. The molecule has 4 rings (SSSR count). The zero-order valence-electron chi connectivity index (χ0n) is 16.8. The van der Waals surface area contributed by atoms with Gasteiger partial charge < -0.3 is 9.64 Å². The highest BCUT2D eigenvalue weighted by Gasteiger charge is 2.19. The van der Waals surface area contributed by atoms with E-state index >= 15 is 0 Å². The quantitative estimate of drug-likeness (QED) is 0.595. The van der Waals surface area contributed by atoms with Crippen LogP contribution in [0.15, 0.2) is 72.8 Å². The van der Waals surface area contributed by atoms with Gasteiger partial charge in [-0.25, -0.2) is 0 Å². The van der Waals surface area contributed by atoms with Gasteiger partial charge >= 0.3 is 0 Å². The summed E-state index contributed by atoms with van der Waals surface area (Å²) in [5, 5.41) is 0. The van der Waals surface area contributed by atoms with Crippen molar-refractivity contribution in [1.82, 2.24) is 4.90 Å². The average molecular weight is 373 g/mol. The van der Waals surface area contributed by atoms with E-state index < -0.39 is 0 Å². The van der Waals surface area contributed by atoms with Gasteiger partial charge in [-0.1, -0.05) is 42.5 Å². The second kappa shape index (κ2) is 8.49. The molecule has 0 atom stereocenters. The van der Waals surface area contributed by atoms with Crippen molar-refractivity contribution in [3.63, 3.8) is 0 Å². The number of rotatable bonds is 5. The van der Waals surface area contributed by atoms with E-state index in [4.69, 9.17) is 4.74 Å². The fourth-order valence-electron chi connectivity index (χ4n) is 3.82. The van der Waals surface area contributed by atoms with Crippen LogP contribution in [0.25, 0.3) is 0 Å². The van der Waals surface area contributed by atoms with Crippen LogP contribution in [-0.4, -0.2) is 31.1 Å². The Balaban J connectivity index is 1.36. The first-order valence-corrected chi connectivity index (χ1v) is 10.0. The van der Waals surface area contributed by atoms with Crippen LogP contribution >= 0.6 is 0 Å². The summed E-state index contributed by atoms with van der Waals surface area (Å²) in [6.45, 7) is 9.70. The number of hydrogen-bond acceptors (Lipinski definition) is 3. The van der Waals surface area contributed by atoms with Crippen LogP contribution in [0.4, 0.5) is 5.69 Å². The maximum Gasteiger partial charge on any atom is 0.127 e. The maximum absolute atomic E-state index is 5.98. The Morgan fingerprint density at radius 1 is 0.750 bits per heavy atom. The summed E-state index contributed by atoms with van der Waals surface area (Å²) in [6.07, 6.45) is 0. The van der Waals surface area contributed by atoms with Crippen molar-refractivity contribution in [2.75, 3.05) is 31.1 Å². The number of anilines is 1. The van der Waals surface area contributed by atoms with Crippen LogP contribution in [0.1, 0.15) is 16.7 Å². The molecular weight excluding hydrogens is 344 g/mol. The number of para-hydroxylation sites is 1. The van der Waals surface area contributed by atoms with Gasteiger partial charge in [0.15, 0.2) is 0 Å². The van der Waals surface area contributed by atoms with Crippen molar-refractivity contribution in [3.05, 3.63) is 89.5 Å². The van der Waals surface area contributed by atoms with Gasteiger partial charge in [-0.15, -0.1) is 0 Å². The van der Waals surface area contributed by atoms with E-state index in [9.17, 15) is 0 Å². The predicted octanol–water partition coefficient (Wildman–Crippen LogP) is 5.42. The Hall–Kier alpha value is -2.78. The van der Waals surface area contributed by atoms with Gasteiger partial charge in [0.1, 0.15) is 11.5 Å². The Labute approximate surface area is 168 Å². The average Bonchev–Trinajstić information content (AvgIpc) is 2.72. The highest BCUT2D eigenvalue weighted by molar-refractivity contribution is 5.56. The molecule has 0 N–H and O–H groups in total. The van der Waals surface area contributed by atoms with E-state index in [1.54, 1.807) is 0 Å². The molecule has 3 heteroatoms. The minimum absolute atomic E-state index is 0.877. The molecule has 1 saturated heterocycles. The molecule has 0 bridgehead atoms. The van der Waals surface area contributed by atoms with E-state index in [2.05, 4.69) is 60.0 Å². The van der Waals surface area contributed by atoms with Crippen molar-refractivity contribution in [1.29, 1.82) is 0 Å². The third kappa shape index (κ3) is 4.37. The first-order valence-electron chi connectivity index (χ1n) is 10.0. The zero-order chi connectivity index (χ0) is 19.3. The minimum Gasteiger partial charge on any atom is -0.457 e. The van der Waals surface area contributed by atoms with Crippen molar-refractivity contribution in [3.8, 4) is 11.5 Å². The van der Waals surface area contributed by atoms with Crippen LogP contribution in [0.3, 0.4) is 0 Å². The van der Waals surface area contributed by atoms with E-state index in [0.717, 1.165) is 44.2 Å². The Bertz CT molecular complexity index is 915. The summed E-state index contributed by atoms with van der Waals surface area (Å²) in [5.41, 5.74) is 5.46. The summed E-state index contributed by atoms with van der Waals surface area (Å²) >= 11 is 0. The molecule has 1 fully saturated rings. The number of benzene rings is 3. The standard InChI is InChI=1S/C25H28N2O/c1-20-8-6-13-25(21(20)2)27-16-14-26(15-17-27)19-22-9-7-12-24(18-22)28-23-10-4-3-5-11-23/h3-13,18H,14-17,19H2,1-2H3. The number of hydrogen-bond donors (Lipinski definition) is 0. The smallest absolute Gasteiger partial charge is 0.127 e. The van der Waals surface area contributed by atoms with Crippen molar-refractivity contribution >= 4 is 5.69 Å². The SMILES string of the molecule is Cc1cccc(N2CCN(Cc3cccc(Oc4ccccc4)c3)CC2)c1C. The highest BCUT2D eigenvalue weighted by atomic mass is 16.5. The van der Waals surface area contributed by atoms with Gasteiger partial charge in [-0.2, -0.15) is 0 Å². The summed E-state index contributed by atoms with van der Waals surface area (Å²) in [5.74, 6) is 1.78. The lowest BCUT2D eigenvalue weighted by atomic mass is 10.1. The Morgan fingerprint density at radius 3 is 2.25 bits per heavy atom. The lowest BCUT2D eigenvalue weighted by molar-refractivity contribution is 0.249. The van der Waals surface area contributed by atoms with Crippen LogP contribution in [-0.2, 0) is 6.54 Å². The van der Waals surface area contributed by atoms with Gasteiger partial charge in [-0.3, -0.25) is 4.90 Å². The summed E-state index contributed by atoms with van der Waals surface area (Å²) in [4.78, 5) is 5.05. The van der Waals surface area contributed by atoms with Crippen molar-refractivity contribution < 1.29 is 4.74 Å². The number of ether oxygens (including phenoxy) is 1. The molecule has 0 aliphatic carbocycles. The Morgan fingerprint density at radius 2 is 1.46 bits per heavy atom. The molecule has 0 aromatic heterocycles. The predicted molar refractivity (Wildman–Crippen MR) is 116 cm³/mol. The van der Waals surface area contributed by atoms with E-state index in [1.807, 2.05) is 36.4 Å². The summed E-state index contributed by atoms with van der Waals surface area (Å²) in [6, 6.07) is 25.0. The first kappa shape index (κ1) is 18.6. The molecule has 1 aliphatic rings. The lowest BCUT2D eigenvalue weighted by Crippen LogP contribution is -2.46. The third-order valence-electron chi connectivity index (χ3n) is 5.57. The topological polar surface area (TPSA) is 15.7 Å². The molecule has 3 aromatic rings. The molecule has 0 unspecified atom stereocenters. The van der Waals surface area contributed by atoms with E-state index in [1.165, 1.54) is 22.4 Å². The molecular formula is C25H28N2O. The molecule has 0 radical (unpaired) electrons. The van der Waals surface area contributed by atoms with Gasteiger partial charge in [0.05, 0.1) is 0 Å². The third-order valence-corrected chi connectivity index (χ3v) is 5.57. The fraction of sp³-hybridized carbons (Fsp3) is 0.280. The van der Waals surface area contributed by atoms with Gasteiger partial charge in [-0.05, 0) is 60.9 Å². The lowest BCUT2D eigenvalue weighted by Gasteiger charge is -2.37. The highest BCUT2D eigenvalue weighted by Crippen LogP contribution is 2.25. The van der Waals surface area contributed by atoms with E-state index in [0.29, 0.717) is 0 Å². The molecule has 0 spiro atoms. The largest absolute Gasteiger partial charge is 0.457 e. The molecule has 1 aliphatic heterocycles. The minimum atomic E-state index is 0.877. The van der Waals surface area contributed by atoms with Gasteiger partial charge in [0, 0.05) is 38.4 Å². The van der Waals surface area contributed by atoms with Crippen molar-refractivity contribution in [2.45, 2.75) is 20.4 Å². The van der Waals surface area contributed by atoms with Gasteiger partial charge in [0.2, 0.25) is 0 Å². The maximum atomic E-state index is 5.98. The molecule has 144 valence electrons. The van der Waals surface area contributed by atoms with Gasteiger partial charge in [0.25, 0.3) is 0 Å². The number of aryl methyl sites for hydroxylation is 1. The number of piperazine rings is 1.